The summed E-state index contributed by atoms with van der Waals surface area (Å²) < 4.78 is 0. The summed E-state index contributed by atoms with van der Waals surface area (Å²) in [6.45, 7) is 2.05. The lowest BCUT2D eigenvalue weighted by Crippen LogP contribution is -2.02. The lowest BCUT2D eigenvalue weighted by molar-refractivity contribution is -0.105. The number of carbonyl (C=O) groups excluding carboxylic acids is 1. The number of rotatable bonds is 3. The van der Waals surface area contributed by atoms with E-state index in [2.05, 4.69) is 23.0 Å². The molecular formula is C13H13ClN2O. The molecule has 0 aromatic carbocycles. The first-order chi connectivity index (χ1) is 8.26. The standard InChI is InChI=1S/C13H13ClN2O/c1-2-11-9(8-17)4-3-5-12(11)10-6-15-13(14)16-7-10/h5-8H,2-4H2,1H3. The SMILES string of the molecule is CCC1=C(C=O)CCC=C1c1cnc(Cl)nc1. The second-order valence-corrected chi connectivity index (χ2v) is 4.21. The summed E-state index contributed by atoms with van der Waals surface area (Å²) in [4.78, 5) is 19.0. The molecule has 0 unspecified atom stereocenters. The third-order valence-electron chi connectivity index (χ3n) is 2.90. The zero-order chi connectivity index (χ0) is 12.3. The molecule has 0 atom stereocenters. The van der Waals surface area contributed by atoms with E-state index < -0.39 is 0 Å². The molecule has 0 amide bonds. The van der Waals surface area contributed by atoms with Gasteiger partial charge in [0, 0.05) is 18.0 Å². The first-order valence-electron chi connectivity index (χ1n) is 5.62. The van der Waals surface area contributed by atoms with Crippen LogP contribution in [-0.4, -0.2) is 16.3 Å². The summed E-state index contributed by atoms with van der Waals surface area (Å²) in [6, 6.07) is 0. The van der Waals surface area contributed by atoms with Crippen molar-refractivity contribution in [2.24, 2.45) is 0 Å². The van der Waals surface area contributed by atoms with E-state index in [1.54, 1.807) is 12.4 Å². The van der Waals surface area contributed by atoms with Crippen molar-refractivity contribution in [1.82, 2.24) is 9.97 Å². The molecule has 0 saturated heterocycles. The van der Waals surface area contributed by atoms with Gasteiger partial charge in [0.1, 0.15) is 6.29 Å². The van der Waals surface area contributed by atoms with Gasteiger partial charge in [0.25, 0.3) is 0 Å². The molecule has 1 aliphatic carbocycles. The van der Waals surface area contributed by atoms with E-state index in [-0.39, 0.29) is 5.28 Å². The Labute approximate surface area is 105 Å². The van der Waals surface area contributed by atoms with Gasteiger partial charge in [-0.2, -0.15) is 0 Å². The molecule has 0 bridgehead atoms. The molecule has 0 fully saturated rings. The van der Waals surface area contributed by atoms with Crippen molar-refractivity contribution in [3.05, 3.63) is 40.5 Å². The number of aldehydes is 1. The van der Waals surface area contributed by atoms with Crippen molar-refractivity contribution in [1.29, 1.82) is 0 Å². The summed E-state index contributed by atoms with van der Waals surface area (Å²) in [5, 5.41) is 0.239. The first-order valence-corrected chi connectivity index (χ1v) is 5.99. The van der Waals surface area contributed by atoms with E-state index in [1.807, 2.05) is 0 Å². The predicted molar refractivity (Wildman–Crippen MR) is 67.6 cm³/mol. The Hall–Kier alpha value is -1.48. The largest absolute Gasteiger partial charge is 0.298 e. The van der Waals surface area contributed by atoms with Crippen LogP contribution in [-0.2, 0) is 4.79 Å². The second kappa shape index (κ2) is 5.23. The monoisotopic (exact) mass is 248 g/mol. The Morgan fingerprint density at radius 1 is 1.41 bits per heavy atom. The summed E-state index contributed by atoms with van der Waals surface area (Å²) in [6.07, 6.45) is 9.04. The fourth-order valence-corrected chi connectivity index (χ4v) is 2.21. The number of aromatic nitrogens is 2. The lowest BCUT2D eigenvalue weighted by Gasteiger charge is -2.18. The molecule has 1 aromatic heterocycles. The van der Waals surface area contributed by atoms with Gasteiger partial charge in [0.05, 0.1) is 0 Å². The number of carbonyl (C=O) groups is 1. The normalized spacial score (nSPS) is 15.8. The summed E-state index contributed by atoms with van der Waals surface area (Å²) in [5.74, 6) is 0. The molecule has 4 heteroatoms. The quantitative estimate of drug-likeness (QED) is 0.609. The molecular weight excluding hydrogens is 236 g/mol. The van der Waals surface area contributed by atoms with Crippen LogP contribution in [0, 0.1) is 0 Å². The van der Waals surface area contributed by atoms with Crippen LogP contribution in [0.3, 0.4) is 0 Å². The van der Waals surface area contributed by atoms with Gasteiger partial charge in [-0.1, -0.05) is 13.0 Å². The maximum absolute atomic E-state index is 11.0. The molecule has 1 heterocycles. The number of allylic oxidation sites excluding steroid dienone is 4. The highest BCUT2D eigenvalue weighted by molar-refractivity contribution is 6.28. The van der Waals surface area contributed by atoms with Crippen molar-refractivity contribution in [3.63, 3.8) is 0 Å². The average Bonchev–Trinajstić information content (AvgIpc) is 2.38. The Morgan fingerprint density at radius 2 is 2.12 bits per heavy atom. The van der Waals surface area contributed by atoms with E-state index in [0.717, 1.165) is 47.8 Å². The Morgan fingerprint density at radius 3 is 2.71 bits per heavy atom. The molecule has 88 valence electrons. The van der Waals surface area contributed by atoms with Crippen LogP contribution in [0.4, 0.5) is 0 Å². The van der Waals surface area contributed by atoms with Crippen LogP contribution >= 0.6 is 11.6 Å². The lowest BCUT2D eigenvalue weighted by atomic mass is 9.87. The topological polar surface area (TPSA) is 42.9 Å². The van der Waals surface area contributed by atoms with E-state index in [4.69, 9.17) is 11.6 Å². The minimum atomic E-state index is 0.239. The van der Waals surface area contributed by atoms with Crippen molar-refractivity contribution in [2.75, 3.05) is 0 Å². The van der Waals surface area contributed by atoms with Gasteiger partial charge in [0.2, 0.25) is 5.28 Å². The molecule has 1 aliphatic rings. The van der Waals surface area contributed by atoms with Crippen molar-refractivity contribution < 1.29 is 4.79 Å². The minimum absolute atomic E-state index is 0.239. The van der Waals surface area contributed by atoms with Crippen LogP contribution in [0.15, 0.2) is 29.6 Å². The van der Waals surface area contributed by atoms with Crippen LogP contribution in [0.25, 0.3) is 5.57 Å². The van der Waals surface area contributed by atoms with Gasteiger partial charge in [-0.15, -0.1) is 0 Å². The Balaban J connectivity index is 2.44. The Bertz CT molecular complexity index is 489. The van der Waals surface area contributed by atoms with Gasteiger partial charge in [-0.3, -0.25) is 4.79 Å². The zero-order valence-corrected chi connectivity index (χ0v) is 10.4. The van der Waals surface area contributed by atoms with Crippen molar-refractivity contribution in [3.8, 4) is 0 Å². The number of hydrogen-bond acceptors (Lipinski definition) is 3. The second-order valence-electron chi connectivity index (χ2n) is 3.87. The highest BCUT2D eigenvalue weighted by Gasteiger charge is 2.16. The predicted octanol–water partition coefficient (Wildman–Crippen LogP) is 3.21. The number of halogens is 1. The molecule has 17 heavy (non-hydrogen) atoms. The van der Waals surface area contributed by atoms with Gasteiger partial charge >= 0.3 is 0 Å². The third kappa shape index (κ3) is 2.44. The molecule has 1 aromatic rings. The van der Waals surface area contributed by atoms with Crippen LogP contribution in [0.1, 0.15) is 31.7 Å². The first kappa shape index (κ1) is 12.0. The van der Waals surface area contributed by atoms with Crippen LogP contribution in [0.2, 0.25) is 5.28 Å². The smallest absolute Gasteiger partial charge is 0.222 e. The van der Waals surface area contributed by atoms with Crippen LogP contribution in [0.5, 0.6) is 0 Å². The van der Waals surface area contributed by atoms with Gasteiger partial charge in [-0.25, -0.2) is 9.97 Å². The Kier molecular flexibility index (Phi) is 3.69. The van der Waals surface area contributed by atoms with E-state index in [0.29, 0.717) is 0 Å². The molecule has 0 spiro atoms. The highest BCUT2D eigenvalue weighted by Crippen LogP contribution is 2.33. The fourth-order valence-electron chi connectivity index (χ4n) is 2.11. The summed E-state index contributed by atoms with van der Waals surface area (Å²) in [5.41, 5.74) is 3.97. The van der Waals surface area contributed by atoms with Gasteiger partial charge < -0.3 is 0 Å². The number of nitrogens with zero attached hydrogens (tertiary/aromatic N) is 2. The summed E-state index contributed by atoms with van der Waals surface area (Å²) in [7, 11) is 0. The van der Waals surface area contributed by atoms with E-state index in [9.17, 15) is 4.79 Å². The molecule has 0 N–H and O–H groups in total. The molecule has 2 rings (SSSR count). The van der Waals surface area contributed by atoms with Gasteiger partial charge in [-0.05, 0) is 47.6 Å². The van der Waals surface area contributed by atoms with E-state index >= 15 is 0 Å². The zero-order valence-electron chi connectivity index (χ0n) is 9.61. The van der Waals surface area contributed by atoms with Gasteiger partial charge in [0.15, 0.2) is 0 Å². The fraction of sp³-hybridized carbons (Fsp3) is 0.308. The minimum Gasteiger partial charge on any atom is -0.298 e. The third-order valence-corrected chi connectivity index (χ3v) is 3.10. The van der Waals surface area contributed by atoms with Crippen molar-refractivity contribution >= 4 is 23.5 Å². The van der Waals surface area contributed by atoms with Crippen LogP contribution < -0.4 is 0 Å². The molecule has 0 saturated carbocycles. The highest BCUT2D eigenvalue weighted by atomic mass is 35.5. The van der Waals surface area contributed by atoms with E-state index in [1.165, 1.54) is 0 Å². The number of hydrogen-bond donors (Lipinski definition) is 0. The average molecular weight is 249 g/mol. The molecule has 0 aliphatic heterocycles. The molecule has 3 nitrogen and oxygen atoms in total. The van der Waals surface area contributed by atoms with Crippen molar-refractivity contribution in [2.45, 2.75) is 26.2 Å². The maximum Gasteiger partial charge on any atom is 0.222 e. The molecule has 0 radical (unpaired) electrons. The maximum atomic E-state index is 11.0. The summed E-state index contributed by atoms with van der Waals surface area (Å²) >= 11 is 5.67.